The maximum absolute atomic E-state index is 14.4. The van der Waals surface area contributed by atoms with Gasteiger partial charge in [0, 0.05) is 29.5 Å². The van der Waals surface area contributed by atoms with Gasteiger partial charge in [0.2, 0.25) is 5.91 Å². The molecule has 3 rings (SSSR count). The van der Waals surface area contributed by atoms with Gasteiger partial charge in [-0.2, -0.15) is 0 Å². The van der Waals surface area contributed by atoms with Crippen molar-refractivity contribution in [2.45, 2.75) is 58.9 Å². The van der Waals surface area contributed by atoms with Crippen molar-refractivity contribution in [3.05, 3.63) is 64.7 Å². The minimum Gasteiger partial charge on any atom is -0.356 e. The minimum atomic E-state index is -0.301. The number of halogens is 2. The smallest absolute Gasteiger partial charge is 0.223 e. The third-order valence-electron chi connectivity index (χ3n) is 5.84. The number of rotatable bonds is 11. The van der Waals surface area contributed by atoms with E-state index in [1.807, 2.05) is 38.1 Å². The number of nitrogens with one attached hydrogen (secondary N) is 1. The summed E-state index contributed by atoms with van der Waals surface area (Å²) >= 11 is 6.27. The Morgan fingerprint density at radius 1 is 1.10 bits per heavy atom. The largest absolute Gasteiger partial charge is 0.356 e. The molecular weight excluding hydrogens is 413 g/mol. The Hall–Kier alpha value is -2.40. The fourth-order valence-electron chi connectivity index (χ4n) is 3.93. The highest BCUT2D eigenvalue weighted by Gasteiger charge is 2.15. The molecule has 1 amide bonds. The van der Waals surface area contributed by atoms with Crippen molar-refractivity contribution in [1.29, 1.82) is 0 Å². The van der Waals surface area contributed by atoms with Gasteiger partial charge in [-0.25, -0.2) is 9.37 Å². The average Bonchev–Trinajstić information content (AvgIpc) is 3.11. The summed E-state index contributed by atoms with van der Waals surface area (Å²) in [5, 5.41) is 3.47. The predicted octanol–water partition coefficient (Wildman–Crippen LogP) is 6.14. The number of aryl methyl sites for hydroxylation is 1. The van der Waals surface area contributed by atoms with Gasteiger partial charge < -0.3 is 9.88 Å². The van der Waals surface area contributed by atoms with Crippen molar-refractivity contribution in [1.82, 2.24) is 14.9 Å². The molecule has 2 aromatic carbocycles. The molecule has 0 radical (unpaired) electrons. The van der Waals surface area contributed by atoms with E-state index in [1.54, 1.807) is 12.1 Å². The zero-order chi connectivity index (χ0) is 22.2. The second-order valence-electron chi connectivity index (χ2n) is 7.92. The van der Waals surface area contributed by atoms with E-state index in [0.29, 0.717) is 23.7 Å². The number of carbonyl (C=O) groups excluding carboxylic acids is 1. The van der Waals surface area contributed by atoms with Gasteiger partial charge in [0.1, 0.15) is 11.6 Å². The van der Waals surface area contributed by atoms with Crippen molar-refractivity contribution in [3.63, 3.8) is 0 Å². The van der Waals surface area contributed by atoms with Crippen LogP contribution in [0.2, 0.25) is 5.02 Å². The van der Waals surface area contributed by atoms with E-state index in [2.05, 4.69) is 9.88 Å². The first kappa shape index (κ1) is 23.3. The number of hydrogen-bond donors (Lipinski definition) is 1. The Kier molecular flexibility index (Phi) is 8.47. The number of amides is 1. The zero-order valence-electron chi connectivity index (χ0n) is 18.3. The summed E-state index contributed by atoms with van der Waals surface area (Å²) in [6, 6.07) is 12.7. The fraction of sp³-hybridized carbons (Fsp3) is 0.440. The molecule has 0 aliphatic rings. The first-order valence-electron chi connectivity index (χ1n) is 11.2. The maximum Gasteiger partial charge on any atom is 0.223 e. The van der Waals surface area contributed by atoms with Gasteiger partial charge in [-0.05, 0) is 49.9 Å². The SMILES string of the molecule is CCC(CC)C(=O)NCCCCCc1nc2ccccc2n1Cc1c(F)cccc1Cl. The molecule has 0 bridgehead atoms. The number of hydrogen-bond acceptors (Lipinski definition) is 2. The normalized spacial score (nSPS) is 11.4. The monoisotopic (exact) mass is 443 g/mol. The Morgan fingerprint density at radius 2 is 1.87 bits per heavy atom. The highest BCUT2D eigenvalue weighted by Crippen LogP contribution is 2.24. The van der Waals surface area contributed by atoms with E-state index >= 15 is 0 Å². The summed E-state index contributed by atoms with van der Waals surface area (Å²) in [5.41, 5.74) is 2.37. The van der Waals surface area contributed by atoms with Crippen LogP contribution in [0.5, 0.6) is 0 Å². The molecule has 0 fully saturated rings. The van der Waals surface area contributed by atoms with Crippen LogP contribution in [-0.4, -0.2) is 22.0 Å². The van der Waals surface area contributed by atoms with E-state index in [0.717, 1.165) is 55.4 Å². The number of benzene rings is 2. The van der Waals surface area contributed by atoms with Crippen LogP contribution in [-0.2, 0) is 17.8 Å². The van der Waals surface area contributed by atoms with Gasteiger partial charge in [-0.15, -0.1) is 0 Å². The van der Waals surface area contributed by atoms with Crippen LogP contribution in [0.1, 0.15) is 57.3 Å². The summed E-state index contributed by atoms with van der Waals surface area (Å²) in [6.07, 6.45) is 5.43. The Morgan fingerprint density at radius 3 is 2.61 bits per heavy atom. The Bertz CT molecular complexity index is 993. The maximum atomic E-state index is 14.4. The van der Waals surface area contributed by atoms with Gasteiger partial charge in [-0.3, -0.25) is 4.79 Å². The quantitative estimate of drug-likeness (QED) is 0.361. The first-order chi connectivity index (χ1) is 15.0. The second kappa shape index (κ2) is 11.3. The number of unbranched alkanes of at least 4 members (excludes halogenated alkanes) is 2. The molecule has 6 heteroatoms. The third-order valence-corrected chi connectivity index (χ3v) is 6.20. The van der Waals surface area contributed by atoms with Gasteiger partial charge in [-0.1, -0.05) is 50.1 Å². The molecule has 0 unspecified atom stereocenters. The number of para-hydroxylation sites is 2. The molecule has 0 saturated carbocycles. The lowest BCUT2D eigenvalue weighted by Crippen LogP contribution is -2.30. The highest BCUT2D eigenvalue weighted by molar-refractivity contribution is 6.31. The highest BCUT2D eigenvalue weighted by atomic mass is 35.5. The standard InChI is InChI=1S/C25H31ClFN3O/c1-3-18(4-2)25(31)28-16-9-5-6-15-24-29-22-13-7-8-14-23(22)30(24)17-19-20(26)11-10-12-21(19)27/h7-8,10-14,18H,3-6,9,15-17H2,1-2H3,(H,28,31). The molecule has 0 aliphatic heterocycles. The Balaban J connectivity index is 1.62. The topological polar surface area (TPSA) is 46.9 Å². The van der Waals surface area contributed by atoms with Crippen molar-refractivity contribution < 1.29 is 9.18 Å². The van der Waals surface area contributed by atoms with E-state index in [9.17, 15) is 9.18 Å². The first-order valence-corrected chi connectivity index (χ1v) is 11.6. The zero-order valence-corrected chi connectivity index (χ0v) is 19.1. The van der Waals surface area contributed by atoms with Gasteiger partial charge >= 0.3 is 0 Å². The third kappa shape index (κ3) is 5.85. The lowest BCUT2D eigenvalue weighted by atomic mass is 10.0. The average molecular weight is 444 g/mol. The number of aromatic nitrogens is 2. The van der Waals surface area contributed by atoms with E-state index < -0.39 is 0 Å². The number of nitrogens with zero attached hydrogens (tertiary/aromatic N) is 2. The van der Waals surface area contributed by atoms with Crippen LogP contribution in [0.4, 0.5) is 4.39 Å². The van der Waals surface area contributed by atoms with Crippen LogP contribution >= 0.6 is 11.6 Å². The molecular formula is C25H31ClFN3O. The minimum absolute atomic E-state index is 0.116. The summed E-state index contributed by atoms with van der Waals surface area (Å²) in [4.78, 5) is 16.9. The number of imidazole rings is 1. The van der Waals surface area contributed by atoms with Crippen molar-refractivity contribution >= 4 is 28.5 Å². The molecule has 1 aromatic heterocycles. The van der Waals surface area contributed by atoms with Crippen LogP contribution in [0.3, 0.4) is 0 Å². The van der Waals surface area contributed by atoms with Gasteiger partial charge in [0.25, 0.3) is 0 Å². The molecule has 0 aliphatic carbocycles. The molecule has 3 aromatic rings. The number of fused-ring (bicyclic) bond motifs is 1. The van der Waals surface area contributed by atoms with E-state index in [1.165, 1.54) is 6.07 Å². The molecule has 166 valence electrons. The molecule has 31 heavy (non-hydrogen) atoms. The number of carbonyl (C=O) groups is 1. The van der Waals surface area contributed by atoms with E-state index in [-0.39, 0.29) is 17.6 Å². The molecule has 1 N–H and O–H groups in total. The van der Waals surface area contributed by atoms with E-state index in [4.69, 9.17) is 16.6 Å². The van der Waals surface area contributed by atoms with Crippen LogP contribution < -0.4 is 5.32 Å². The summed E-state index contributed by atoms with van der Waals surface area (Å²) < 4.78 is 16.5. The lowest BCUT2D eigenvalue weighted by molar-refractivity contribution is -0.125. The molecule has 0 saturated heterocycles. The molecule has 4 nitrogen and oxygen atoms in total. The fourth-order valence-corrected chi connectivity index (χ4v) is 4.16. The molecule has 0 atom stereocenters. The van der Waals surface area contributed by atoms with Crippen LogP contribution in [0, 0.1) is 11.7 Å². The van der Waals surface area contributed by atoms with Gasteiger partial charge in [0.15, 0.2) is 0 Å². The summed E-state index contributed by atoms with van der Waals surface area (Å²) in [7, 11) is 0. The Labute approximate surface area is 188 Å². The van der Waals surface area contributed by atoms with Crippen LogP contribution in [0.25, 0.3) is 11.0 Å². The van der Waals surface area contributed by atoms with Crippen molar-refractivity contribution in [2.75, 3.05) is 6.54 Å². The summed E-state index contributed by atoms with van der Waals surface area (Å²) in [6.45, 7) is 5.16. The molecule has 0 spiro atoms. The van der Waals surface area contributed by atoms with Gasteiger partial charge in [0.05, 0.1) is 17.6 Å². The second-order valence-corrected chi connectivity index (χ2v) is 8.33. The van der Waals surface area contributed by atoms with Crippen molar-refractivity contribution in [3.8, 4) is 0 Å². The predicted molar refractivity (Wildman–Crippen MR) is 125 cm³/mol. The summed E-state index contributed by atoms with van der Waals surface area (Å²) in [5.74, 6) is 0.907. The lowest BCUT2D eigenvalue weighted by Gasteiger charge is -2.13. The van der Waals surface area contributed by atoms with Crippen LogP contribution in [0.15, 0.2) is 42.5 Å². The molecule has 1 heterocycles. The van der Waals surface area contributed by atoms with Crippen molar-refractivity contribution in [2.24, 2.45) is 5.92 Å².